The van der Waals surface area contributed by atoms with Crippen molar-refractivity contribution in [3.8, 4) is 0 Å². The highest BCUT2D eigenvalue weighted by Crippen LogP contribution is 2.32. The van der Waals surface area contributed by atoms with Gasteiger partial charge in [-0.15, -0.1) is 0 Å². The Bertz CT molecular complexity index is 707. The van der Waals surface area contributed by atoms with Gasteiger partial charge < -0.3 is 14.1 Å². The Hall–Kier alpha value is -2.14. The number of amides is 1. The molecule has 3 heterocycles. The second-order valence-electron chi connectivity index (χ2n) is 6.90. The van der Waals surface area contributed by atoms with E-state index in [2.05, 4.69) is 29.2 Å². The summed E-state index contributed by atoms with van der Waals surface area (Å²) in [6.45, 7) is 2.26. The van der Waals surface area contributed by atoms with E-state index in [1.54, 1.807) is 0 Å². The highest BCUT2D eigenvalue weighted by atomic mass is 16.5. The minimum Gasteiger partial charge on any atom is -0.445 e. The molecule has 4 rings (SSSR count). The summed E-state index contributed by atoms with van der Waals surface area (Å²) in [5.74, 6) is 1.10. The molecule has 0 aliphatic carbocycles. The predicted molar refractivity (Wildman–Crippen MR) is 93.4 cm³/mol. The van der Waals surface area contributed by atoms with E-state index in [4.69, 9.17) is 9.15 Å². The van der Waals surface area contributed by atoms with Gasteiger partial charge in [0.2, 0.25) is 0 Å². The molecule has 25 heavy (non-hydrogen) atoms. The summed E-state index contributed by atoms with van der Waals surface area (Å²) in [6, 6.07) is 10.6. The molecule has 2 aliphatic heterocycles. The van der Waals surface area contributed by atoms with E-state index in [-0.39, 0.29) is 12.0 Å². The van der Waals surface area contributed by atoms with Crippen LogP contribution in [0.3, 0.4) is 0 Å². The van der Waals surface area contributed by atoms with Crippen molar-refractivity contribution < 1.29 is 13.9 Å². The van der Waals surface area contributed by atoms with Crippen LogP contribution < -0.4 is 0 Å². The summed E-state index contributed by atoms with van der Waals surface area (Å²) in [4.78, 5) is 19.1. The van der Waals surface area contributed by atoms with Crippen molar-refractivity contribution in [2.24, 2.45) is 0 Å². The van der Waals surface area contributed by atoms with Gasteiger partial charge in [-0.3, -0.25) is 4.79 Å². The highest BCUT2D eigenvalue weighted by molar-refractivity contribution is 5.93. The monoisotopic (exact) mass is 340 g/mol. The maximum absolute atomic E-state index is 13.0. The zero-order chi connectivity index (χ0) is 17.1. The Morgan fingerprint density at radius 2 is 1.96 bits per heavy atom. The molecule has 0 radical (unpaired) electrons. The van der Waals surface area contributed by atoms with Crippen molar-refractivity contribution in [3.05, 3.63) is 53.7 Å². The van der Waals surface area contributed by atoms with E-state index in [0.29, 0.717) is 17.4 Å². The van der Waals surface area contributed by atoms with Gasteiger partial charge in [-0.1, -0.05) is 30.3 Å². The fourth-order valence-electron chi connectivity index (χ4n) is 3.94. The average Bonchev–Trinajstić information content (AvgIpc) is 3.28. The van der Waals surface area contributed by atoms with Gasteiger partial charge in [-0.25, -0.2) is 4.98 Å². The van der Waals surface area contributed by atoms with Crippen molar-refractivity contribution in [1.82, 2.24) is 9.88 Å². The van der Waals surface area contributed by atoms with Crippen LogP contribution in [0.1, 0.15) is 65.9 Å². The van der Waals surface area contributed by atoms with E-state index in [1.165, 1.54) is 12.0 Å². The standard InChI is InChI=1S/C20H24N2O3/c23-20(18-19(25-14-21-18)17-9-5-13-24-17)22-11-4-8-16(10-12-22)15-6-2-1-3-7-15/h1-3,6-7,14,16-17H,4-5,8-13H2/t16-,17-/m1/s1. The van der Waals surface area contributed by atoms with Gasteiger partial charge in [0.25, 0.3) is 5.91 Å². The number of benzene rings is 1. The Morgan fingerprint density at radius 1 is 1.08 bits per heavy atom. The molecule has 132 valence electrons. The van der Waals surface area contributed by atoms with Crippen LogP contribution in [0.15, 0.2) is 41.1 Å². The molecule has 0 N–H and O–H groups in total. The molecule has 0 bridgehead atoms. The maximum Gasteiger partial charge on any atom is 0.276 e. The first kappa shape index (κ1) is 16.3. The van der Waals surface area contributed by atoms with Crippen LogP contribution in [-0.2, 0) is 4.74 Å². The molecule has 5 nitrogen and oxygen atoms in total. The maximum atomic E-state index is 13.0. The molecule has 2 fully saturated rings. The third-order valence-corrected chi connectivity index (χ3v) is 5.31. The fourth-order valence-corrected chi connectivity index (χ4v) is 3.94. The van der Waals surface area contributed by atoms with Crippen molar-refractivity contribution in [2.45, 2.75) is 44.1 Å². The molecular formula is C20H24N2O3. The fraction of sp³-hybridized carbons (Fsp3) is 0.500. The molecule has 2 aliphatic rings. The summed E-state index contributed by atoms with van der Waals surface area (Å²) < 4.78 is 11.2. The Kier molecular flexibility index (Phi) is 4.83. The molecular weight excluding hydrogens is 316 g/mol. The summed E-state index contributed by atoms with van der Waals surface area (Å²) in [5.41, 5.74) is 1.81. The van der Waals surface area contributed by atoms with Crippen LogP contribution in [0, 0.1) is 0 Å². The molecule has 2 atom stereocenters. The lowest BCUT2D eigenvalue weighted by atomic mass is 9.92. The van der Waals surface area contributed by atoms with Crippen LogP contribution in [0.25, 0.3) is 0 Å². The molecule has 0 unspecified atom stereocenters. The van der Waals surface area contributed by atoms with Gasteiger partial charge in [0, 0.05) is 19.7 Å². The van der Waals surface area contributed by atoms with Gasteiger partial charge in [-0.05, 0) is 43.6 Å². The van der Waals surface area contributed by atoms with Crippen molar-refractivity contribution >= 4 is 5.91 Å². The zero-order valence-corrected chi connectivity index (χ0v) is 14.4. The topological polar surface area (TPSA) is 55.6 Å². The van der Waals surface area contributed by atoms with Crippen molar-refractivity contribution in [2.75, 3.05) is 19.7 Å². The number of carbonyl (C=O) groups is 1. The average molecular weight is 340 g/mol. The molecule has 2 saturated heterocycles. The van der Waals surface area contributed by atoms with Crippen molar-refractivity contribution in [3.63, 3.8) is 0 Å². The van der Waals surface area contributed by atoms with Gasteiger partial charge in [0.15, 0.2) is 17.8 Å². The van der Waals surface area contributed by atoms with E-state index in [0.717, 1.165) is 51.8 Å². The quantitative estimate of drug-likeness (QED) is 0.849. The van der Waals surface area contributed by atoms with Crippen LogP contribution in [-0.4, -0.2) is 35.5 Å². The van der Waals surface area contributed by atoms with Gasteiger partial charge in [0.05, 0.1) is 0 Å². The first-order valence-electron chi connectivity index (χ1n) is 9.22. The molecule has 2 aromatic rings. The Balaban J connectivity index is 1.46. The number of nitrogens with zero attached hydrogens (tertiary/aromatic N) is 2. The molecule has 1 amide bonds. The summed E-state index contributed by atoms with van der Waals surface area (Å²) in [6.07, 6.45) is 6.26. The van der Waals surface area contributed by atoms with E-state index < -0.39 is 0 Å². The number of hydrogen-bond donors (Lipinski definition) is 0. The summed E-state index contributed by atoms with van der Waals surface area (Å²) in [7, 11) is 0. The lowest BCUT2D eigenvalue weighted by molar-refractivity contribution is 0.0719. The number of carbonyl (C=O) groups excluding carboxylic acids is 1. The van der Waals surface area contributed by atoms with Gasteiger partial charge in [0.1, 0.15) is 6.10 Å². The van der Waals surface area contributed by atoms with E-state index in [1.807, 2.05) is 11.0 Å². The second kappa shape index (κ2) is 7.40. The van der Waals surface area contributed by atoms with Crippen LogP contribution in [0.4, 0.5) is 0 Å². The third kappa shape index (κ3) is 3.47. The smallest absolute Gasteiger partial charge is 0.276 e. The molecule has 1 aromatic carbocycles. The number of aromatic nitrogens is 1. The molecule has 0 spiro atoms. The number of likely N-dealkylation sites (tertiary alicyclic amines) is 1. The Morgan fingerprint density at radius 3 is 2.76 bits per heavy atom. The van der Waals surface area contributed by atoms with Crippen molar-refractivity contribution in [1.29, 1.82) is 0 Å². The number of oxazole rings is 1. The lowest BCUT2D eigenvalue weighted by Gasteiger charge is -2.20. The van der Waals surface area contributed by atoms with Crippen LogP contribution >= 0.6 is 0 Å². The number of rotatable bonds is 3. The first-order chi connectivity index (χ1) is 12.3. The minimum atomic E-state index is -0.120. The first-order valence-corrected chi connectivity index (χ1v) is 9.22. The lowest BCUT2D eigenvalue weighted by Crippen LogP contribution is -2.33. The summed E-state index contributed by atoms with van der Waals surface area (Å²) >= 11 is 0. The second-order valence-corrected chi connectivity index (χ2v) is 6.90. The Labute approximate surface area is 148 Å². The number of hydrogen-bond acceptors (Lipinski definition) is 4. The molecule has 0 saturated carbocycles. The van der Waals surface area contributed by atoms with E-state index >= 15 is 0 Å². The normalized spacial score (nSPS) is 24.2. The SMILES string of the molecule is O=C(c1ncoc1[C@H]1CCCO1)N1CCC[C@@H](c2ccccc2)CC1. The largest absolute Gasteiger partial charge is 0.445 e. The minimum absolute atomic E-state index is 0.0204. The van der Waals surface area contributed by atoms with Gasteiger partial charge >= 0.3 is 0 Å². The van der Waals surface area contributed by atoms with Crippen LogP contribution in [0.2, 0.25) is 0 Å². The predicted octanol–water partition coefficient (Wildman–Crippen LogP) is 3.94. The zero-order valence-electron chi connectivity index (χ0n) is 14.4. The summed E-state index contributed by atoms with van der Waals surface area (Å²) in [5, 5.41) is 0. The molecule has 1 aromatic heterocycles. The highest BCUT2D eigenvalue weighted by Gasteiger charge is 2.31. The van der Waals surface area contributed by atoms with Gasteiger partial charge in [-0.2, -0.15) is 0 Å². The van der Waals surface area contributed by atoms with Crippen LogP contribution in [0.5, 0.6) is 0 Å². The third-order valence-electron chi connectivity index (χ3n) is 5.31. The molecule has 5 heteroatoms. The number of ether oxygens (including phenoxy) is 1. The van der Waals surface area contributed by atoms with E-state index in [9.17, 15) is 4.79 Å².